The third-order valence-corrected chi connectivity index (χ3v) is 13.6. The van der Waals surface area contributed by atoms with Gasteiger partial charge >= 0.3 is 5.97 Å². The summed E-state index contributed by atoms with van der Waals surface area (Å²) in [5.74, 6) is -1.28. The summed E-state index contributed by atoms with van der Waals surface area (Å²) in [6, 6.07) is -1.04. The van der Waals surface area contributed by atoms with Gasteiger partial charge in [-0.3, -0.25) is 9.59 Å². The highest BCUT2D eigenvalue weighted by Crippen LogP contribution is 2.26. The van der Waals surface area contributed by atoms with Crippen molar-refractivity contribution in [2.45, 2.75) is 282 Å². The van der Waals surface area contributed by atoms with E-state index in [1.807, 2.05) is 60.8 Å². The highest BCUT2D eigenvalue weighted by atomic mass is 16.7. The summed E-state index contributed by atoms with van der Waals surface area (Å²) in [7, 11) is 0. The summed E-state index contributed by atoms with van der Waals surface area (Å²) in [4.78, 5) is 26.4. The Labute approximate surface area is 456 Å². The Kier molecular flexibility index (Phi) is 47.6. The second-order valence-corrected chi connectivity index (χ2v) is 20.5. The van der Waals surface area contributed by atoms with E-state index in [-0.39, 0.29) is 19.4 Å². The number of allylic oxidation sites excluding steroid dienone is 15. The number of ether oxygens (including phenoxy) is 3. The number of unbranched alkanes of at least 4 members (excludes halogenated alkanes) is 25. The fraction of sp³-hybridized carbons (Fsp3) is 0.719. The number of nitrogens with one attached hydrogen (secondary N) is 1. The molecule has 430 valence electrons. The van der Waals surface area contributed by atoms with Gasteiger partial charge in [-0.1, -0.05) is 253 Å². The van der Waals surface area contributed by atoms with Gasteiger partial charge in [-0.05, 0) is 70.6 Å². The molecule has 11 heteroatoms. The molecule has 0 bridgehead atoms. The first kappa shape index (κ1) is 69.6. The topological polar surface area (TPSA) is 175 Å². The highest BCUT2D eigenvalue weighted by Gasteiger charge is 2.47. The second kappa shape index (κ2) is 51.3. The summed E-state index contributed by atoms with van der Waals surface area (Å²) >= 11 is 0. The summed E-state index contributed by atoms with van der Waals surface area (Å²) in [6.07, 6.45) is 57.5. The van der Waals surface area contributed by atoms with Crippen molar-refractivity contribution in [3.63, 3.8) is 0 Å². The van der Waals surface area contributed by atoms with Crippen molar-refractivity contribution in [2.75, 3.05) is 13.2 Å². The molecule has 6 N–H and O–H groups in total. The van der Waals surface area contributed by atoms with Crippen molar-refractivity contribution in [3.05, 3.63) is 97.2 Å². The van der Waals surface area contributed by atoms with Gasteiger partial charge in [0.05, 0.1) is 25.4 Å². The molecular weight excluding hydrogens is 943 g/mol. The Balaban J connectivity index is 2.68. The maximum atomic E-state index is 13.4. The molecule has 1 amide bonds. The molecule has 1 heterocycles. The zero-order valence-electron chi connectivity index (χ0n) is 47.4. The van der Waals surface area contributed by atoms with Crippen LogP contribution in [0.5, 0.6) is 0 Å². The molecule has 8 unspecified atom stereocenters. The summed E-state index contributed by atoms with van der Waals surface area (Å²) in [5.41, 5.74) is 0. The molecule has 1 saturated heterocycles. The van der Waals surface area contributed by atoms with Crippen LogP contribution in [0.25, 0.3) is 0 Å². The van der Waals surface area contributed by atoms with Crippen LogP contribution >= 0.6 is 0 Å². The molecule has 0 aromatic rings. The van der Waals surface area contributed by atoms with Crippen molar-refractivity contribution in [2.24, 2.45) is 0 Å². The summed E-state index contributed by atoms with van der Waals surface area (Å²) in [5, 5.41) is 56.8. The predicted octanol–water partition coefficient (Wildman–Crippen LogP) is 13.9. The number of hydrogen-bond donors (Lipinski definition) is 6. The number of amides is 1. The first-order valence-electron chi connectivity index (χ1n) is 30.1. The van der Waals surface area contributed by atoms with Crippen LogP contribution in [0.3, 0.4) is 0 Å². The zero-order chi connectivity index (χ0) is 54.7. The van der Waals surface area contributed by atoms with E-state index in [0.29, 0.717) is 19.3 Å². The van der Waals surface area contributed by atoms with E-state index in [9.17, 15) is 35.1 Å². The Morgan fingerprint density at radius 1 is 0.547 bits per heavy atom. The van der Waals surface area contributed by atoms with E-state index >= 15 is 0 Å². The number of aliphatic hydroxyl groups is 5. The number of esters is 1. The number of hydrogen-bond acceptors (Lipinski definition) is 10. The lowest BCUT2D eigenvalue weighted by Gasteiger charge is -2.41. The van der Waals surface area contributed by atoms with Crippen LogP contribution in [0.1, 0.15) is 233 Å². The molecule has 8 atom stereocenters. The van der Waals surface area contributed by atoms with Crippen molar-refractivity contribution >= 4 is 11.9 Å². The minimum absolute atomic E-state index is 0.0233. The Morgan fingerprint density at radius 2 is 1.01 bits per heavy atom. The molecule has 0 saturated carbocycles. The summed E-state index contributed by atoms with van der Waals surface area (Å²) in [6.45, 7) is 5.56. The number of aliphatic hydroxyl groups excluding tert-OH is 5. The number of carbonyl (C=O) groups is 2. The molecule has 75 heavy (non-hydrogen) atoms. The third kappa shape index (κ3) is 39.6. The monoisotopic (exact) mass is 1050 g/mol. The lowest BCUT2D eigenvalue weighted by atomic mass is 9.99. The maximum absolute atomic E-state index is 13.4. The first-order chi connectivity index (χ1) is 36.7. The van der Waals surface area contributed by atoms with Crippen molar-refractivity contribution < 1.29 is 49.3 Å². The Hall–Kier alpha value is -3.42. The number of rotatable bonds is 49. The fourth-order valence-electron chi connectivity index (χ4n) is 8.83. The van der Waals surface area contributed by atoms with Crippen LogP contribution in [-0.2, 0) is 23.8 Å². The molecule has 1 fully saturated rings. The minimum atomic E-state index is -1.65. The summed E-state index contributed by atoms with van der Waals surface area (Å²) < 4.78 is 17.5. The van der Waals surface area contributed by atoms with Crippen molar-refractivity contribution in [1.29, 1.82) is 0 Å². The van der Waals surface area contributed by atoms with Crippen LogP contribution in [-0.4, -0.2) is 99.6 Å². The van der Waals surface area contributed by atoms with Crippen LogP contribution in [0.4, 0.5) is 0 Å². The molecule has 1 aliphatic rings. The van der Waals surface area contributed by atoms with Gasteiger partial charge in [0.15, 0.2) is 12.4 Å². The highest BCUT2D eigenvalue weighted by molar-refractivity contribution is 5.80. The quantitative estimate of drug-likeness (QED) is 0.0149. The average Bonchev–Trinajstić information content (AvgIpc) is 3.41. The Morgan fingerprint density at radius 3 is 1.56 bits per heavy atom. The second-order valence-electron chi connectivity index (χ2n) is 20.5. The van der Waals surface area contributed by atoms with E-state index in [0.717, 1.165) is 57.8 Å². The fourth-order valence-corrected chi connectivity index (χ4v) is 8.83. The standard InChI is InChI=1S/C64H109NO10/c1-4-7-10-13-16-19-22-24-25-26-27-28-29-30-31-32-34-36-39-42-45-48-51-57(68)63(72)65-55(56(67)50-47-44-41-38-35-21-18-15-12-9-6-3)54-73-64-62(61(71)60(70)58(53-66)74-64)75-59(69)52-49-46-43-40-37-33-23-20-17-14-11-8-5-2/h8,11,14,16-17,19-20,23-25,33,37,40,43,47,50,55-58,60-62,64,66-68,70-71H,4-7,9-10,12-13,15,18,21-22,26-32,34-36,38-39,41-42,44-46,48-49,51-54H2,1-3H3,(H,65,72)/b11-8+,17-14+,19-16-,23-20-,25-24-,37-33-,43-40+,50-47+. The molecule has 11 nitrogen and oxygen atoms in total. The minimum Gasteiger partial charge on any atom is -0.454 e. The molecular formula is C64H109NO10. The third-order valence-electron chi connectivity index (χ3n) is 13.6. The smallest absolute Gasteiger partial charge is 0.306 e. The van der Waals surface area contributed by atoms with Gasteiger partial charge in [-0.25, -0.2) is 0 Å². The van der Waals surface area contributed by atoms with Gasteiger partial charge in [0.25, 0.3) is 0 Å². The largest absolute Gasteiger partial charge is 0.454 e. The van der Waals surface area contributed by atoms with E-state index in [1.165, 1.54) is 122 Å². The van der Waals surface area contributed by atoms with Crippen LogP contribution in [0.15, 0.2) is 97.2 Å². The van der Waals surface area contributed by atoms with Crippen LogP contribution < -0.4 is 5.32 Å². The average molecular weight is 1050 g/mol. The van der Waals surface area contributed by atoms with E-state index in [4.69, 9.17) is 14.2 Å². The lowest BCUT2D eigenvalue weighted by Crippen LogP contribution is -2.61. The molecule has 0 spiro atoms. The van der Waals surface area contributed by atoms with Gasteiger partial charge in [0.1, 0.15) is 24.4 Å². The van der Waals surface area contributed by atoms with Gasteiger partial charge < -0.3 is 45.1 Å². The van der Waals surface area contributed by atoms with Gasteiger partial charge in [-0.2, -0.15) is 0 Å². The molecule has 0 radical (unpaired) electrons. The normalized spacial score (nSPS) is 19.9. The van der Waals surface area contributed by atoms with Gasteiger partial charge in [0.2, 0.25) is 5.91 Å². The lowest BCUT2D eigenvalue weighted by molar-refractivity contribution is -0.305. The maximum Gasteiger partial charge on any atom is 0.306 e. The van der Waals surface area contributed by atoms with Crippen molar-refractivity contribution in [3.8, 4) is 0 Å². The molecule has 1 rings (SSSR count). The number of carbonyl (C=O) groups excluding carboxylic acids is 2. The molecule has 0 aliphatic carbocycles. The van der Waals surface area contributed by atoms with E-state index < -0.39 is 67.4 Å². The van der Waals surface area contributed by atoms with Crippen LogP contribution in [0, 0.1) is 0 Å². The van der Waals surface area contributed by atoms with Gasteiger partial charge in [0, 0.05) is 6.42 Å². The zero-order valence-corrected chi connectivity index (χ0v) is 47.4. The Bertz CT molecular complexity index is 1580. The predicted molar refractivity (Wildman–Crippen MR) is 310 cm³/mol. The van der Waals surface area contributed by atoms with E-state index in [2.05, 4.69) is 56.5 Å². The molecule has 1 aliphatic heterocycles. The SMILES string of the molecule is CC/C=C/C=C/C=C\C=C/C=C/CCCC(=O)OC1C(OCC(NC(=O)C(O)CCCCCCCCCCCCCC/C=C\C/C=C\CCCCC)C(O)/C=C/CCCCCCCCCCC)OC(CO)C(O)C1O. The molecule has 0 aromatic heterocycles. The van der Waals surface area contributed by atoms with Crippen molar-refractivity contribution in [1.82, 2.24) is 5.32 Å². The first-order valence-corrected chi connectivity index (χ1v) is 30.1. The molecule has 0 aromatic carbocycles. The van der Waals surface area contributed by atoms with E-state index in [1.54, 1.807) is 6.08 Å². The van der Waals surface area contributed by atoms with Crippen LogP contribution in [0.2, 0.25) is 0 Å². The van der Waals surface area contributed by atoms with Gasteiger partial charge in [-0.15, -0.1) is 0 Å².